The Bertz CT molecular complexity index is 987. The monoisotopic (exact) mass is 347 g/mol. The number of fused-ring (bicyclic) bond motifs is 1. The molecule has 0 saturated heterocycles. The molecule has 0 radical (unpaired) electrons. The van der Waals surface area contributed by atoms with Crippen molar-refractivity contribution in [3.05, 3.63) is 51.9 Å². The number of anilines is 1. The van der Waals surface area contributed by atoms with Gasteiger partial charge in [0.2, 0.25) is 5.95 Å². The van der Waals surface area contributed by atoms with Gasteiger partial charge in [-0.2, -0.15) is 10.1 Å². The summed E-state index contributed by atoms with van der Waals surface area (Å²) in [5, 5.41) is 7.56. The van der Waals surface area contributed by atoms with E-state index in [1.54, 1.807) is 11.6 Å². The summed E-state index contributed by atoms with van der Waals surface area (Å²) in [4.78, 5) is 19.3. The Kier molecular flexibility index (Phi) is 4.06. The van der Waals surface area contributed by atoms with Crippen molar-refractivity contribution < 1.29 is 8.78 Å². The number of hydrogen-bond acceptors (Lipinski definition) is 4. The smallest absolute Gasteiger partial charge is 0.263 e. The van der Waals surface area contributed by atoms with Crippen LogP contribution in [0.1, 0.15) is 39.3 Å². The number of benzene rings is 1. The second-order valence-corrected chi connectivity index (χ2v) is 6.91. The Balaban J connectivity index is 2.00. The molecule has 3 rings (SSSR count). The number of nitrogens with zero attached hydrogens (tertiary/aromatic N) is 3. The molecule has 132 valence electrons. The van der Waals surface area contributed by atoms with E-state index in [1.807, 2.05) is 20.8 Å². The highest BCUT2D eigenvalue weighted by molar-refractivity contribution is 5.74. The van der Waals surface area contributed by atoms with Crippen molar-refractivity contribution in [2.45, 2.75) is 39.3 Å². The molecule has 0 fully saturated rings. The molecule has 0 aliphatic rings. The van der Waals surface area contributed by atoms with Gasteiger partial charge in [-0.3, -0.25) is 9.78 Å². The largest absolute Gasteiger partial charge is 0.349 e. The van der Waals surface area contributed by atoms with Gasteiger partial charge >= 0.3 is 0 Å². The topological polar surface area (TPSA) is 75.6 Å². The highest BCUT2D eigenvalue weighted by Crippen LogP contribution is 2.22. The highest BCUT2D eigenvalue weighted by Gasteiger charge is 2.20. The molecule has 0 bridgehead atoms. The number of rotatable bonds is 3. The van der Waals surface area contributed by atoms with Crippen LogP contribution in [0.5, 0.6) is 0 Å². The Morgan fingerprint density at radius 2 is 2.00 bits per heavy atom. The van der Waals surface area contributed by atoms with E-state index in [-0.39, 0.29) is 22.6 Å². The maximum absolute atomic E-state index is 13.9. The summed E-state index contributed by atoms with van der Waals surface area (Å²) in [6.45, 7) is 7.55. The standard InChI is InChI=1S/C17H19F2N5O/c1-9(11-6-5-10(18)7-13(11)19)21-16-22-14-12(15(25)23-16)8-20-24(14)17(2,3)4/h5-9H,1-4H3,(H2,21,22,23,25). The predicted molar refractivity (Wildman–Crippen MR) is 91.5 cm³/mol. The minimum absolute atomic E-state index is 0.194. The maximum atomic E-state index is 13.9. The number of hydrogen-bond donors (Lipinski definition) is 2. The minimum Gasteiger partial charge on any atom is -0.349 e. The zero-order valence-electron chi connectivity index (χ0n) is 14.4. The summed E-state index contributed by atoms with van der Waals surface area (Å²) in [5.41, 5.74) is 0.0166. The molecular weight excluding hydrogens is 328 g/mol. The van der Waals surface area contributed by atoms with Gasteiger partial charge in [0.15, 0.2) is 5.65 Å². The van der Waals surface area contributed by atoms with Crippen molar-refractivity contribution >= 4 is 17.0 Å². The van der Waals surface area contributed by atoms with Crippen molar-refractivity contribution in [2.24, 2.45) is 0 Å². The lowest BCUT2D eigenvalue weighted by atomic mass is 10.1. The first-order chi connectivity index (χ1) is 11.7. The van der Waals surface area contributed by atoms with Gasteiger partial charge in [0.25, 0.3) is 5.56 Å². The van der Waals surface area contributed by atoms with Gasteiger partial charge in [0, 0.05) is 11.6 Å². The van der Waals surface area contributed by atoms with Crippen molar-refractivity contribution in [1.82, 2.24) is 19.7 Å². The molecular formula is C17H19F2N5O. The fourth-order valence-corrected chi connectivity index (χ4v) is 2.61. The molecule has 3 aromatic rings. The van der Waals surface area contributed by atoms with E-state index in [1.165, 1.54) is 18.3 Å². The SMILES string of the molecule is CC(Nc1nc2c(cnn2C(C)(C)C)c(=O)[nH]1)c1ccc(F)cc1F. The van der Waals surface area contributed by atoms with Gasteiger partial charge in [-0.25, -0.2) is 13.5 Å². The molecule has 0 amide bonds. The predicted octanol–water partition coefficient (Wildman–Crippen LogP) is 3.33. The second-order valence-electron chi connectivity index (χ2n) is 6.91. The number of halogens is 2. The molecule has 1 unspecified atom stereocenters. The van der Waals surface area contributed by atoms with Crippen molar-refractivity contribution in [2.75, 3.05) is 5.32 Å². The lowest BCUT2D eigenvalue weighted by Gasteiger charge is -2.20. The fourth-order valence-electron chi connectivity index (χ4n) is 2.61. The van der Waals surface area contributed by atoms with Crippen molar-refractivity contribution in [1.29, 1.82) is 0 Å². The summed E-state index contributed by atoms with van der Waals surface area (Å²) in [7, 11) is 0. The zero-order chi connectivity index (χ0) is 18.4. The molecule has 8 heteroatoms. The van der Waals surface area contributed by atoms with Gasteiger partial charge in [-0.05, 0) is 33.8 Å². The van der Waals surface area contributed by atoms with Crippen LogP contribution in [0.3, 0.4) is 0 Å². The van der Waals surface area contributed by atoms with E-state index >= 15 is 0 Å². The summed E-state index contributed by atoms with van der Waals surface area (Å²) < 4.78 is 28.6. The van der Waals surface area contributed by atoms with Crippen LogP contribution < -0.4 is 10.9 Å². The number of aromatic nitrogens is 4. The van der Waals surface area contributed by atoms with Gasteiger partial charge in [-0.15, -0.1) is 0 Å². The van der Waals surface area contributed by atoms with E-state index in [9.17, 15) is 13.6 Å². The van der Waals surface area contributed by atoms with Crippen LogP contribution in [-0.4, -0.2) is 19.7 Å². The maximum Gasteiger partial charge on any atom is 0.263 e. The Morgan fingerprint density at radius 3 is 2.64 bits per heavy atom. The van der Waals surface area contributed by atoms with Crippen LogP contribution in [0.2, 0.25) is 0 Å². The van der Waals surface area contributed by atoms with Crippen LogP contribution in [0.25, 0.3) is 11.0 Å². The third kappa shape index (κ3) is 3.24. The van der Waals surface area contributed by atoms with Crippen LogP contribution in [-0.2, 0) is 5.54 Å². The molecule has 1 aromatic carbocycles. The van der Waals surface area contributed by atoms with E-state index < -0.39 is 17.7 Å². The Morgan fingerprint density at radius 1 is 1.28 bits per heavy atom. The van der Waals surface area contributed by atoms with E-state index in [4.69, 9.17) is 0 Å². The third-order valence-corrected chi connectivity index (χ3v) is 3.86. The molecule has 0 spiro atoms. The fraction of sp³-hybridized carbons (Fsp3) is 0.353. The van der Waals surface area contributed by atoms with Crippen LogP contribution >= 0.6 is 0 Å². The molecule has 2 N–H and O–H groups in total. The summed E-state index contributed by atoms with van der Waals surface area (Å²) in [6, 6.07) is 2.84. The first-order valence-electron chi connectivity index (χ1n) is 7.87. The minimum atomic E-state index is -0.664. The normalized spacial score (nSPS) is 13.2. The third-order valence-electron chi connectivity index (χ3n) is 3.86. The molecule has 0 aliphatic heterocycles. The second kappa shape index (κ2) is 5.94. The Hall–Kier alpha value is -2.77. The van der Waals surface area contributed by atoms with Crippen LogP contribution in [0, 0.1) is 11.6 Å². The van der Waals surface area contributed by atoms with E-state index in [0.717, 1.165) is 6.07 Å². The number of H-pyrrole nitrogens is 1. The Labute approximate surface area is 142 Å². The average Bonchev–Trinajstić information content (AvgIpc) is 2.91. The number of nitrogens with one attached hydrogen (secondary N) is 2. The van der Waals surface area contributed by atoms with Crippen LogP contribution in [0.4, 0.5) is 14.7 Å². The molecule has 2 aromatic heterocycles. The van der Waals surface area contributed by atoms with E-state index in [0.29, 0.717) is 11.0 Å². The van der Waals surface area contributed by atoms with Gasteiger partial charge in [0.1, 0.15) is 17.0 Å². The summed E-state index contributed by atoms with van der Waals surface area (Å²) >= 11 is 0. The van der Waals surface area contributed by atoms with E-state index in [2.05, 4.69) is 20.4 Å². The lowest BCUT2D eigenvalue weighted by Crippen LogP contribution is -2.24. The summed E-state index contributed by atoms with van der Waals surface area (Å²) in [6.07, 6.45) is 1.47. The lowest BCUT2D eigenvalue weighted by molar-refractivity contribution is 0.366. The molecule has 1 atom stereocenters. The summed E-state index contributed by atoms with van der Waals surface area (Å²) in [5.74, 6) is -1.11. The molecule has 0 saturated carbocycles. The van der Waals surface area contributed by atoms with Gasteiger partial charge in [-0.1, -0.05) is 6.07 Å². The first kappa shape index (κ1) is 17.1. The van der Waals surface area contributed by atoms with Crippen LogP contribution in [0.15, 0.2) is 29.2 Å². The molecule has 0 aliphatic carbocycles. The van der Waals surface area contributed by atoms with Gasteiger partial charge < -0.3 is 5.32 Å². The number of aromatic amines is 1. The average molecular weight is 347 g/mol. The molecule has 6 nitrogen and oxygen atoms in total. The van der Waals surface area contributed by atoms with Gasteiger partial charge in [0.05, 0.1) is 17.8 Å². The highest BCUT2D eigenvalue weighted by atomic mass is 19.1. The quantitative estimate of drug-likeness (QED) is 0.762. The van der Waals surface area contributed by atoms with Crippen molar-refractivity contribution in [3.63, 3.8) is 0 Å². The van der Waals surface area contributed by atoms with Crippen molar-refractivity contribution in [3.8, 4) is 0 Å². The molecule has 2 heterocycles. The molecule has 25 heavy (non-hydrogen) atoms. The zero-order valence-corrected chi connectivity index (χ0v) is 14.4. The first-order valence-corrected chi connectivity index (χ1v) is 7.87.